The highest BCUT2D eigenvalue weighted by Crippen LogP contribution is 2.29. The first kappa shape index (κ1) is 17.2. The smallest absolute Gasteiger partial charge is 0.263 e. The predicted octanol–water partition coefficient (Wildman–Crippen LogP) is 1.72. The molecule has 0 saturated heterocycles. The van der Waals surface area contributed by atoms with Crippen molar-refractivity contribution in [1.82, 2.24) is 15.2 Å². The van der Waals surface area contributed by atoms with Gasteiger partial charge in [0.25, 0.3) is 11.5 Å². The van der Waals surface area contributed by atoms with Gasteiger partial charge in [-0.2, -0.15) is 0 Å². The molecular weight excluding hydrogens is 318 g/mol. The molecule has 0 spiro atoms. The Morgan fingerprint density at radius 1 is 1.12 bits per heavy atom. The summed E-state index contributed by atoms with van der Waals surface area (Å²) in [7, 11) is 3.22. The van der Waals surface area contributed by atoms with Gasteiger partial charge in [0.15, 0.2) is 0 Å². The molecule has 2 aromatic rings. The zero-order chi connectivity index (χ0) is 18.0. The number of carbonyl (C=O) groups is 2. The molecule has 1 aliphatic rings. The standard InChI is InChI=1S/C19H23N3O3/c1-20-18(25)19(10-6-3-7-11-19)21-16(23)14-12-13-8-4-5-9-15(13)22(2)17(14)24/h4-5,8-9,12H,3,6-7,10-11H2,1-2H3,(H,20,25)(H,21,23). The minimum absolute atomic E-state index is 0.0649. The molecule has 1 fully saturated rings. The summed E-state index contributed by atoms with van der Waals surface area (Å²) in [5.41, 5.74) is -0.461. The monoisotopic (exact) mass is 341 g/mol. The number of likely N-dealkylation sites (N-methyl/N-ethyl adjacent to an activating group) is 1. The number of hydrogen-bond acceptors (Lipinski definition) is 3. The van der Waals surface area contributed by atoms with Crippen molar-refractivity contribution >= 4 is 22.7 Å². The van der Waals surface area contributed by atoms with Gasteiger partial charge in [0.2, 0.25) is 5.91 Å². The Morgan fingerprint density at radius 2 is 1.80 bits per heavy atom. The minimum atomic E-state index is -0.930. The molecule has 0 bridgehead atoms. The average Bonchev–Trinajstić information content (AvgIpc) is 2.64. The molecule has 0 unspecified atom stereocenters. The van der Waals surface area contributed by atoms with E-state index in [9.17, 15) is 14.4 Å². The van der Waals surface area contributed by atoms with E-state index in [4.69, 9.17) is 0 Å². The molecule has 25 heavy (non-hydrogen) atoms. The van der Waals surface area contributed by atoms with Gasteiger partial charge in [-0.05, 0) is 30.4 Å². The summed E-state index contributed by atoms with van der Waals surface area (Å²) in [5.74, 6) is -0.685. The van der Waals surface area contributed by atoms with Gasteiger partial charge in [-0.1, -0.05) is 37.5 Å². The summed E-state index contributed by atoms with van der Waals surface area (Å²) in [6, 6.07) is 9.02. The van der Waals surface area contributed by atoms with E-state index in [0.717, 1.165) is 30.2 Å². The Labute approximate surface area is 146 Å². The van der Waals surface area contributed by atoms with E-state index in [1.807, 2.05) is 24.3 Å². The molecule has 0 radical (unpaired) electrons. The summed E-state index contributed by atoms with van der Waals surface area (Å²) < 4.78 is 1.47. The lowest BCUT2D eigenvalue weighted by molar-refractivity contribution is -0.128. The lowest BCUT2D eigenvalue weighted by Gasteiger charge is -2.36. The van der Waals surface area contributed by atoms with Gasteiger partial charge in [-0.15, -0.1) is 0 Å². The van der Waals surface area contributed by atoms with Crippen molar-refractivity contribution in [3.05, 3.63) is 46.2 Å². The largest absolute Gasteiger partial charge is 0.357 e. The number of benzene rings is 1. The van der Waals surface area contributed by atoms with Gasteiger partial charge < -0.3 is 15.2 Å². The van der Waals surface area contributed by atoms with E-state index < -0.39 is 11.4 Å². The Morgan fingerprint density at radius 3 is 2.48 bits per heavy atom. The number of amides is 2. The van der Waals surface area contributed by atoms with Crippen molar-refractivity contribution in [2.24, 2.45) is 7.05 Å². The van der Waals surface area contributed by atoms with Crippen LogP contribution in [0.2, 0.25) is 0 Å². The van der Waals surface area contributed by atoms with E-state index in [1.54, 1.807) is 20.2 Å². The van der Waals surface area contributed by atoms with E-state index in [0.29, 0.717) is 12.8 Å². The number of rotatable bonds is 3. The number of aryl methyl sites for hydroxylation is 1. The zero-order valence-corrected chi connectivity index (χ0v) is 14.6. The Hall–Kier alpha value is -2.63. The molecule has 1 aromatic heterocycles. The number of para-hydroxylation sites is 1. The topological polar surface area (TPSA) is 80.2 Å². The van der Waals surface area contributed by atoms with Crippen molar-refractivity contribution in [2.75, 3.05) is 7.05 Å². The molecule has 6 nitrogen and oxygen atoms in total. The second kappa shape index (κ2) is 6.70. The van der Waals surface area contributed by atoms with Gasteiger partial charge in [0, 0.05) is 14.1 Å². The summed E-state index contributed by atoms with van der Waals surface area (Å²) in [6.45, 7) is 0. The minimum Gasteiger partial charge on any atom is -0.357 e. The van der Waals surface area contributed by atoms with Crippen LogP contribution < -0.4 is 16.2 Å². The summed E-state index contributed by atoms with van der Waals surface area (Å²) in [4.78, 5) is 37.9. The third-order valence-corrected chi connectivity index (χ3v) is 5.10. The van der Waals surface area contributed by atoms with Crippen molar-refractivity contribution in [1.29, 1.82) is 0 Å². The van der Waals surface area contributed by atoms with E-state index >= 15 is 0 Å². The number of nitrogens with one attached hydrogen (secondary N) is 2. The van der Waals surface area contributed by atoms with Gasteiger partial charge in [-0.25, -0.2) is 0 Å². The fourth-order valence-corrected chi connectivity index (χ4v) is 3.67. The highest BCUT2D eigenvalue weighted by Gasteiger charge is 2.40. The fraction of sp³-hybridized carbons (Fsp3) is 0.421. The van der Waals surface area contributed by atoms with Crippen LogP contribution in [0.5, 0.6) is 0 Å². The van der Waals surface area contributed by atoms with Crippen LogP contribution in [0.3, 0.4) is 0 Å². The number of carbonyl (C=O) groups excluding carboxylic acids is 2. The highest BCUT2D eigenvalue weighted by atomic mass is 16.2. The fourth-order valence-electron chi connectivity index (χ4n) is 3.67. The maximum atomic E-state index is 12.9. The molecule has 1 heterocycles. The molecule has 6 heteroatoms. The van der Waals surface area contributed by atoms with Crippen LogP contribution in [0.1, 0.15) is 42.5 Å². The highest BCUT2D eigenvalue weighted by molar-refractivity contribution is 6.01. The Kier molecular flexibility index (Phi) is 4.61. The van der Waals surface area contributed by atoms with Crippen molar-refractivity contribution in [3.63, 3.8) is 0 Å². The maximum Gasteiger partial charge on any atom is 0.263 e. The van der Waals surface area contributed by atoms with Gasteiger partial charge >= 0.3 is 0 Å². The van der Waals surface area contributed by atoms with Crippen molar-refractivity contribution in [2.45, 2.75) is 37.6 Å². The van der Waals surface area contributed by atoms with E-state index in [2.05, 4.69) is 10.6 Å². The molecule has 1 aromatic carbocycles. The van der Waals surface area contributed by atoms with Crippen LogP contribution in [0.15, 0.2) is 35.1 Å². The third-order valence-electron chi connectivity index (χ3n) is 5.10. The van der Waals surface area contributed by atoms with Gasteiger partial charge in [0.05, 0.1) is 5.52 Å². The summed E-state index contributed by atoms with van der Waals surface area (Å²) in [5, 5.41) is 6.33. The van der Waals surface area contributed by atoms with Crippen LogP contribution in [0.4, 0.5) is 0 Å². The van der Waals surface area contributed by atoms with Crippen LogP contribution in [-0.2, 0) is 11.8 Å². The average molecular weight is 341 g/mol. The lowest BCUT2D eigenvalue weighted by atomic mass is 9.80. The molecule has 132 valence electrons. The molecule has 1 saturated carbocycles. The van der Waals surface area contributed by atoms with E-state index in [1.165, 1.54) is 4.57 Å². The Bertz CT molecular complexity index is 879. The molecule has 2 N–H and O–H groups in total. The summed E-state index contributed by atoms with van der Waals surface area (Å²) in [6.07, 6.45) is 3.98. The molecule has 1 aliphatic carbocycles. The second-order valence-corrected chi connectivity index (χ2v) is 6.66. The van der Waals surface area contributed by atoms with Crippen LogP contribution in [0.25, 0.3) is 10.9 Å². The van der Waals surface area contributed by atoms with Crippen molar-refractivity contribution < 1.29 is 9.59 Å². The lowest BCUT2D eigenvalue weighted by Crippen LogP contribution is -2.59. The number of fused-ring (bicyclic) bond motifs is 1. The first-order chi connectivity index (χ1) is 12.0. The quantitative estimate of drug-likeness (QED) is 0.892. The Balaban J connectivity index is 2.00. The third kappa shape index (κ3) is 3.04. The molecule has 3 rings (SSSR count). The van der Waals surface area contributed by atoms with E-state index in [-0.39, 0.29) is 17.0 Å². The molecule has 2 amide bonds. The SMILES string of the molecule is CNC(=O)C1(NC(=O)c2cc3ccccc3n(C)c2=O)CCCCC1. The maximum absolute atomic E-state index is 12.9. The van der Waals surface area contributed by atoms with Gasteiger partial charge in [-0.3, -0.25) is 14.4 Å². The first-order valence-electron chi connectivity index (χ1n) is 8.62. The normalized spacial score (nSPS) is 16.4. The van der Waals surface area contributed by atoms with Crippen LogP contribution in [-0.4, -0.2) is 29.0 Å². The number of hydrogen-bond donors (Lipinski definition) is 2. The first-order valence-corrected chi connectivity index (χ1v) is 8.62. The number of aromatic nitrogens is 1. The summed E-state index contributed by atoms with van der Waals surface area (Å²) >= 11 is 0. The molecule has 0 atom stereocenters. The zero-order valence-electron chi connectivity index (χ0n) is 14.6. The van der Waals surface area contributed by atoms with Crippen molar-refractivity contribution in [3.8, 4) is 0 Å². The molecule has 0 aliphatic heterocycles. The van der Waals surface area contributed by atoms with Crippen LogP contribution >= 0.6 is 0 Å². The predicted molar refractivity (Wildman–Crippen MR) is 96.5 cm³/mol. The van der Waals surface area contributed by atoms with Crippen LogP contribution in [0, 0.1) is 0 Å². The number of pyridine rings is 1. The second-order valence-electron chi connectivity index (χ2n) is 6.66. The number of nitrogens with zero attached hydrogens (tertiary/aromatic N) is 1. The molecular formula is C19H23N3O3. The van der Waals surface area contributed by atoms with Gasteiger partial charge in [0.1, 0.15) is 11.1 Å².